The zero-order valence-electron chi connectivity index (χ0n) is 14.4. The number of pyridine rings is 1. The van der Waals surface area contributed by atoms with Crippen LogP contribution >= 0.6 is 0 Å². The van der Waals surface area contributed by atoms with Gasteiger partial charge in [-0.3, -0.25) is 4.79 Å². The molecule has 1 N–H and O–H groups in total. The number of benzene rings is 1. The van der Waals surface area contributed by atoms with Crippen LogP contribution in [0, 0.1) is 0 Å². The number of anilines is 1. The lowest BCUT2D eigenvalue weighted by molar-refractivity contribution is 0.0769. The second-order valence-corrected chi connectivity index (χ2v) is 6.61. The van der Waals surface area contributed by atoms with Crippen molar-refractivity contribution in [2.75, 3.05) is 31.6 Å². The highest BCUT2D eigenvalue weighted by Gasteiger charge is 2.24. The molecule has 1 aromatic heterocycles. The normalized spacial score (nSPS) is 15.7. The summed E-state index contributed by atoms with van der Waals surface area (Å²) in [7, 11) is 1.79. The Balaban J connectivity index is 1.97. The molecule has 0 radical (unpaired) electrons. The molecule has 1 unspecified atom stereocenters. The second kappa shape index (κ2) is 7.18. The minimum atomic E-state index is -0.409. The van der Waals surface area contributed by atoms with Gasteiger partial charge in [0, 0.05) is 32.1 Å². The standard InChI is InChI=1S/C19H25N3O2/c1-14(23)9-12-21(2)19(24)16-13-15-7-3-4-8-17(15)20-18(16)22-10-5-6-11-22/h3-4,7-8,13-14,23H,5-6,9-12H2,1-2H3. The van der Waals surface area contributed by atoms with Gasteiger partial charge < -0.3 is 14.9 Å². The fraction of sp³-hybridized carbons (Fsp3) is 0.474. The Kier molecular flexibility index (Phi) is 5.00. The van der Waals surface area contributed by atoms with Crippen LogP contribution in [0.2, 0.25) is 0 Å². The van der Waals surface area contributed by atoms with Crippen molar-refractivity contribution in [1.82, 2.24) is 9.88 Å². The molecule has 1 aliphatic heterocycles. The lowest BCUT2D eigenvalue weighted by Gasteiger charge is -2.24. The van der Waals surface area contributed by atoms with E-state index in [4.69, 9.17) is 4.98 Å². The molecule has 5 nitrogen and oxygen atoms in total. The maximum atomic E-state index is 13.0. The Morgan fingerprint density at radius 1 is 1.33 bits per heavy atom. The first-order valence-corrected chi connectivity index (χ1v) is 8.64. The minimum Gasteiger partial charge on any atom is -0.393 e. The van der Waals surface area contributed by atoms with Crippen LogP contribution in [-0.4, -0.2) is 53.7 Å². The largest absolute Gasteiger partial charge is 0.393 e. The molecule has 1 aromatic carbocycles. The maximum absolute atomic E-state index is 13.0. The van der Waals surface area contributed by atoms with E-state index in [0.717, 1.165) is 42.7 Å². The van der Waals surface area contributed by atoms with Gasteiger partial charge in [0.05, 0.1) is 17.2 Å². The van der Waals surface area contributed by atoms with Crippen molar-refractivity contribution in [3.8, 4) is 0 Å². The molecular formula is C19H25N3O2. The van der Waals surface area contributed by atoms with E-state index in [1.54, 1.807) is 18.9 Å². The van der Waals surface area contributed by atoms with Gasteiger partial charge in [-0.2, -0.15) is 0 Å². The summed E-state index contributed by atoms with van der Waals surface area (Å²) in [6.45, 7) is 4.17. The monoisotopic (exact) mass is 327 g/mol. The van der Waals surface area contributed by atoms with Gasteiger partial charge in [0.2, 0.25) is 0 Å². The molecular weight excluding hydrogens is 302 g/mol. The summed E-state index contributed by atoms with van der Waals surface area (Å²) in [5, 5.41) is 10.4. The second-order valence-electron chi connectivity index (χ2n) is 6.61. The highest BCUT2D eigenvalue weighted by Crippen LogP contribution is 2.27. The zero-order chi connectivity index (χ0) is 17.1. The van der Waals surface area contributed by atoms with Crippen LogP contribution in [0.25, 0.3) is 10.9 Å². The van der Waals surface area contributed by atoms with E-state index in [2.05, 4.69) is 4.90 Å². The average molecular weight is 327 g/mol. The number of aliphatic hydroxyl groups is 1. The molecule has 128 valence electrons. The van der Waals surface area contributed by atoms with Crippen molar-refractivity contribution >= 4 is 22.6 Å². The van der Waals surface area contributed by atoms with Crippen LogP contribution in [0.3, 0.4) is 0 Å². The van der Waals surface area contributed by atoms with Gasteiger partial charge in [0.15, 0.2) is 0 Å². The van der Waals surface area contributed by atoms with Crippen LogP contribution in [0.15, 0.2) is 30.3 Å². The summed E-state index contributed by atoms with van der Waals surface area (Å²) >= 11 is 0. The van der Waals surface area contributed by atoms with Crippen LogP contribution in [-0.2, 0) is 0 Å². The fourth-order valence-electron chi connectivity index (χ4n) is 3.12. The number of carbonyl (C=O) groups excluding carboxylic acids is 1. The quantitative estimate of drug-likeness (QED) is 0.917. The van der Waals surface area contributed by atoms with E-state index < -0.39 is 6.10 Å². The van der Waals surface area contributed by atoms with Crippen molar-refractivity contribution < 1.29 is 9.90 Å². The number of hydrogen-bond acceptors (Lipinski definition) is 4. The lowest BCUT2D eigenvalue weighted by atomic mass is 10.1. The van der Waals surface area contributed by atoms with Crippen molar-refractivity contribution in [2.24, 2.45) is 0 Å². The van der Waals surface area contributed by atoms with Crippen LogP contribution in [0.1, 0.15) is 36.5 Å². The molecule has 3 rings (SSSR count). The van der Waals surface area contributed by atoms with Gasteiger partial charge in [0.1, 0.15) is 5.82 Å². The third-order valence-corrected chi connectivity index (χ3v) is 4.57. The van der Waals surface area contributed by atoms with E-state index in [1.807, 2.05) is 30.3 Å². The molecule has 2 aromatic rings. The summed E-state index contributed by atoms with van der Waals surface area (Å²) in [6.07, 6.45) is 2.44. The minimum absolute atomic E-state index is 0.0317. The van der Waals surface area contributed by atoms with Crippen molar-refractivity contribution in [3.05, 3.63) is 35.9 Å². The van der Waals surface area contributed by atoms with Gasteiger partial charge >= 0.3 is 0 Å². The molecule has 24 heavy (non-hydrogen) atoms. The number of aromatic nitrogens is 1. The topological polar surface area (TPSA) is 56.7 Å². The molecule has 1 atom stereocenters. The van der Waals surface area contributed by atoms with Crippen molar-refractivity contribution in [3.63, 3.8) is 0 Å². The predicted octanol–water partition coefficient (Wildman–Crippen LogP) is 2.68. The molecule has 1 aliphatic rings. The first kappa shape index (κ1) is 16.7. The van der Waals surface area contributed by atoms with E-state index >= 15 is 0 Å². The van der Waals surface area contributed by atoms with Gasteiger partial charge in [-0.15, -0.1) is 0 Å². The van der Waals surface area contributed by atoms with E-state index in [-0.39, 0.29) is 5.91 Å². The summed E-state index contributed by atoms with van der Waals surface area (Å²) in [5.74, 6) is 0.760. The average Bonchev–Trinajstić information content (AvgIpc) is 3.12. The molecule has 0 saturated carbocycles. The molecule has 1 saturated heterocycles. The molecule has 0 bridgehead atoms. The summed E-state index contributed by atoms with van der Waals surface area (Å²) in [6, 6.07) is 9.87. The number of hydrogen-bond donors (Lipinski definition) is 1. The zero-order valence-corrected chi connectivity index (χ0v) is 14.4. The Morgan fingerprint density at radius 3 is 2.75 bits per heavy atom. The Hall–Kier alpha value is -2.14. The van der Waals surface area contributed by atoms with Crippen LogP contribution in [0.4, 0.5) is 5.82 Å². The van der Waals surface area contributed by atoms with Gasteiger partial charge in [-0.1, -0.05) is 18.2 Å². The van der Waals surface area contributed by atoms with Crippen LogP contribution < -0.4 is 4.90 Å². The van der Waals surface area contributed by atoms with E-state index in [1.165, 1.54) is 0 Å². The Morgan fingerprint density at radius 2 is 2.04 bits per heavy atom. The molecule has 1 amide bonds. The van der Waals surface area contributed by atoms with Crippen molar-refractivity contribution in [2.45, 2.75) is 32.3 Å². The molecule has 5 heteroatoms. The highest BCUT2D eigenvalue weighted by atomic mass is 16.3. The Bertz CT molecular complexity index is 724. The van der Waals surface area contributed by atoms with Crippen LogP contribution in [0.5, 0.6) is 0 Å². The van der Waals surface area contributed by atoms with Gasteiger partial charge in [-0.25, -0.2) is 4.98 Å². The van der Waals surface area contributed by atoms with Gasteiger partial charge in [0.25, 0.3) is 5.91 Å². The first-order valence-electron chi connectivity index (χ1n) is 8.64. The lowest BCUT2D eigenvalue weighted by Crippen LogP contribution is -2.32. The number of rotatable bonds is 5. The summed E-state index contributed by atoms with van der Waals surface area (Å²) < 4.78 is 0. The number of carbonyl (C=O) groups is 1. The number of amides is 1. The molecule has 1 fully saturated rings. The fourth-order valence-corrected chi connectivity index (χ4v) is 3.12. The smallest absolute Gasteiger partial charge is 0.257 e. The number of aliphatic hydroxyl groups excluding tert-OH is 1. The number of nitrogens with zero attached hydrogens (tertiary/aromatic N) is 3. The van der Waals surface area contributed by atoms with E-state index in [0.29, 0.717) is 18.5 Å². The third kappa shape index (κ3) is 3.51. The predicted molar refractivity (Wildman–Crippen MR) is 96.4 cm³/mol. The maximum Gasteiger partial charge on any atom is 0.257 e. The molecule has 0 aliphatic carbocycles. The summed E-state index contributed by atoms with van der Waals surface area (Å²) in [5.41, 5.74) is 1.58. The first-order chi connectivity index (χ1) is 11.6. The Labute approximate surface area is 142 Å². The highest BCUT2D eigenvalue weighted by molar-refractivity contribution is 6.02. The number of fused-ring (bicyclic) bond motifs is 1. The SMILES string of the molecule is CC(O)CCN(C)C(=O)c1cc2ccccc2nc1N1CCCC1. The molecule has 2 heterocycles. The summed E-state index contributed by atoms with van der Waals surface area (Å²) in [4.78, 5) is 21.6. The van der Waals surface area contributed by atoms with E-state index in [9.17, 15) is 9.90 Å². The number of para-hydroxylation sites is 1. The van der Waals surface area contributed by atoms with Gasteiger partial charge in [-0.05, 0) is 38.3 Å². The third-order valence-electron chi connectivity index (χ3n) is 4.57. The molecule has 0 spiro atoms. The van der Waals surface area contributed by atoms with Crippen molar-refractivity contribution in [1.29, 1.82) is 0 Å².